The van der Waals surface area contributed by atoms with Gasteiger partial charge in [-0.15, -0.1) is 0 Å². The number of primary sulfonamides is 1. The molecule has 0 bridgehead atoms. The number of sulfonamides is 1. The number of nitrogens with zero attached hydrogens (tertiary/aromatic N) is 2. The molecule has 1 aromatic carbocycles. The Labute approximate surface area is 150 Å². The van der Waals surface area contributed by atoms with Gasteiger partial charge < -0.3 is 9.80 Å². The van der Waals surface area contributed by atoms with E-state index >= 15 is 0 Å². The summed E-state index contributed by atoms with van der Waals surface area (Å²) in [7, 11) is -3.70. The van der Waals surface area contributed by atoms with E-state index in [-0.39, 0.29) is 16.8 Å². The number of benzene rings is 1. The Hall–Kier alpha value is -1.60. The van der Waals surface area contributed by atoms with Gasteiger partial charge in [-0.25, -0.2) is 13.6 Å². The number of likely N-dealkylation sites (tertiary alicyclic amines) is 1. The van der Waals surface area contributed by atoms with Crippen molar-refractivity contribution in [2.75, 3.05) is 18.0 Å². The second-order valence-electron chi connectivity index (χ2n) is 7.16. The van der Waals surface area contributed by atoms with Crippen LogP contribution in [0.3, 0.4) is 0 Å². The SMILES string of the molecule is CC[C@H]1CCCCN1C(=O)CN1c2ccc(S(N)(=O)=O)cc2C[C@H]1C. The second-order valence-corrected chi connectivity index (χ2v) is 8.72. The van der Waals surface area contributed by atoms with Crippen LogP contribution >= 0.6 is 0 Å². The third-order valence-corrected chi connectivity index (χ3v) is 6.37. The number of hydrogen-bond donors (Lipinski definition) is 1. The van der Waals surface area contributed by atoms with Crippen molar-refractivity contribution in [3.8, 4) is 0 Å². The molecule has 7 heteroatoms. The van der Waals surface area contributed by atoms with Crippen molar-refractivity contribution in [3.63, 3.8) is 0 Å². The van der Waals surface area contributed by atoms with Crippen molar-refractivity contribution in [2.24, 2.45) is 5.14 Å². The van der Waals surface area contributed by atoms with Crippen LogP contribution in [-0.2, 0) is 21.2 Å². The summed E-state index contributed by atoms with van der Waals surface area (Å²) >= 11 is 0. The maximum absolute atomic E-state index is 12.9. The largest absolute Gasteiger partial charge is 0.359 e. The molecule has 0 spiro atoms. The number of nitrogens with two attached hydrogens (primary N) is 1. The van der Waals surface area contributed by atoms with Crippen LogP contribution in [0, 0.1) is 0 Å². The highest BCUT2D eigenvalue weighted by atomic mass is 32.2. The number of rotatable bonds is 4. The zero-order chi connectivity index (χ0) is 18.2. The van der Waals surface area contributed by atoms with Crippen LogP contribution in [0.1, 0.15) is 45.1 Å². The summed E-state index contributed by atoms with van der Waals surface area (Å²) < 4.78 is 23.1. The standard InChI is InChI=1S/C18H27N3O3S/c1-3-15-6-4-5-9-20(15)18(22)12-21-13(2)10-14-11-16(25(19,23)24)7-8-17(14)21/h7-8,11,13,15H,3-6,9-10,12H2,1-2H3,(H2,19,23,24)/t13-,15+/m1/s1. The van der Waals surface area contributed by atoms with E-state index in [2.05, 4.69) is 18.7 Å². The molecule has 6 nitrogen and oxygen atoms in total. The summed E-state index contributed by atoms with van der Waals surface area (Å²) in [4.78, 5) is 17.1. The molecule has 1 aromatic rings. The molecule has 2 aliphatic rings. The van der Waals surface area contributed by atoms with E-state index in [1.165, 1.54) is 12.5 Å². The maximum Gasteiger partial charge on any atom is 0.242 e. The monoisotopic (exact) mass is 365 g/mol. The molecule has 0 saturated carbocycles. The molecule has 138 valence electrons. The highest BCUT2D eigenvalue weighted by Crippen LogP contribution is 2.34. The first-order valence-corrected chi connectivity index (χ1v) is 10.6. The Balaban J connectivity index is 1.79. The first-order valence-electron chi connectivity index (χ1n) is 9.03. The molecule has 1 fully saturated rings. The fourth-order valence-corrected chi connectivity index (χ4v) is 4.64. The van der Waals surface area contributed by atoms with E-state index in [1.807, 2.05) is 4.90 Å². The molecule has 2 N–H and O–H groups in total. The lowest BCUT2D eigenvalue weighted by Crippen LogP contribution is -2.48. The molecule has 1 saturated heterocycles. The molecule has 25 heavy (non-hydrogen) atoms. The quantitative estimate of drug-likeness (QED) is 0.883. The fourth-order valence-electron chi connectivity index (χ4n) is 4.08. The first kappa shape index (κ1) is 18.2. The van der Waals surface area contributed by atoms with Crippen LogP contribution in [0.2, 0.25) is 0 Å². The molecule has 3 rings (SSSR count). The van der Waals surface area contributed by atoms with Crippen molar-refractivity contribution in [1.29, 1.82) is 0 Å². The maximum atomic E-state index is 12.9. The number of piperidine rings is 1. The minimum absolute atomic E-state index is 0.133. The molecule has 0 aliphatic carbocycles. The van der Waals surface area contributed by atoms with Crippen LogP contribution in [-0.4, -0.2) is 44.4 Å². The van der Waals surface area contributed by atoms with Gasteiger partial charge in [0, 0.05) is 24.3 Å². The van der Waals surface area contributed by atoms with Crippen LogP contribution < -0.4 is 10.0 Å². The number of amides is 1. The summed E-state index contributed by atoms with van der Waals surface area (Å²) in [5.74, 6) is 0.168. The van der Waals surface area contributed by atoms with Crippen LogP contribution in [0.4, 0.5) is 5.69 Å². The van der Waals surface area contributed by atoms with Gasteiger partial charge in [0.2, 0.25) is 15.9 Å². The molecular weight excluding hydrogens is 338 g/mol. The van der Waals surface area contributed by atoms with Gasteiger partial charge in [0.05, 0.1) is 11.4 Å². The Kier molecular flexibility index (Phi) is 5.06. The smallest absolute Gasteiger partial charge is 0.242 e. The van der Waals surface area contributed by atoms with E-state index < -0.39 is 10.0 Å². The molecule has 2 heterocycles. The van der Waals surface area contributed by atoms with Crippen molar-refractivity contribution < 1.29 is 13.2 Å². The van der Waals surface area contributed by atoms with Gasteiger partial charge >= 0.3 is 0 Å². The normalized spacial score (nSPS) is 23.6. The Morgan fingerprint density at radius 2 is 2.08 bits per heavy atom. The summed E-state index contributed by atoms with van der Waals surface area (Å²) in [6.45, 7) is 5.40. The van der Waals surface area contributed by atoms with Gasteiger partial charge in [0.15, 0.2) is 0 Å². The van der Waals surface area contributed by atoms with Gasteiger partial charge in [-0.3, -0.25) is 4.79 Å². The van der Waals surface area contributed by atoms with Crippen molar-refractivity contribution >= 4 is 21.6 Å². The zero-order valence-corrected chi connectivity index (χ0v) is 15.8. The van der Waals surface area contributed by atoms with Gasteiger partial charge in [-0.05, 0) is 62.8 Å². The van der Waals surface area contributed by atoms with Gasteiger partial charge in [0.1, 0.15) is 0 Å². The van der Waals surface area contributed by atoms with Crippen molar-refractivity contribution in [3.05, 3.63) is 23.8 Å². The number of hydrogen-bond acceptors (Lipinski definition) is 4. The molecule has 0 radical (unpaired) electrons. The van der Waals surface area contributed by atoms with Gasteiger partial charge in [0.25, 0.3) is 0 Å². The van der Waals surface area contributed by atoms with Crippen molar-refractivity contribution in [1.82, 2.24) is 4.90 Å². The average Bonchev–Trinajstić information content (AvgIpc) is 2.89. The Morgan fingerprint density at radius 3 is 2.76 bits per heavy atom. The van der Waals surface area contributed by atoms with Crippen molar-refractivity contribution in [2.45, 2.75) is 62.9 Å². The highest BCUT2D eigenvalue weighted by Gasteiger charge is 2.32. The molecular formula is C18H27N3O3S. The van der Waals surface area contributed by atoms with E-state index in [9.17, 15) is 13.2 Å². The molecule has 2 atom stereocenters. The predicted octanol–water partition coefficient (Wildman–Crippen LogP) is 1.88. The number of fused-ring (bicyclic) bond motifs is 1. The van der Waals surface area contributed by atoms with E-state index in [4.69, 9.17) is 5.14 Å². The molecule has 2 aliphatic heterocycles. The topological polar surface area (TPSA) is 83.7 Å². The summed E-state index contributed by atoms with van der Waals surface area (Å²) in [5, 5.41) is 5.23. The van der Waals surface area contributed by atoms with Crippen LogP contribution in [0.15, 0.2) is 23.1 Å². The number of anilines is 1. The van der Waals surface area contributed by atoms with Crippen LogP contribution in [0.5, 0.6) is 0 Å². The van der Waals surface area contributed by atoms with Gasteiger partial charge in [-0.2, -0.15) is 0 Å². The summed E-state index contributed by atoms with van der Waals surface area (Å²) in [6, 6.07) is 5.46. The first-order chi connectivity index (χ1) is 11.8. The molecule has 1 amide bonds. The summed E-state index contributed by atoms with van der Waals surface area (Å²) in [5.41, 5.74) is 1.89. The Bertz CT molecular complexity index is 763. The fraction of sp³-hybridized carbons (Fsp3) is 0.611. The number of carbonyl (C=O) groups excluding carboxylic acids is 1. The third kappa shape index (κ3) is 3.67. The lowest BCUT2D eigenvalue weighted by molar-refractivity contribution is -0.133. The number of carbonyl (C=O) groups is 1. The minimum atomic E-state index is -3.70. The van der Waals surface area contributed by atoms with E-state index in [0.29, 0.717) is 12.6 Å². The average molecular weight is 365 g/mol. The third-order valence-electron chi connectivity index (χ3n) is 5.46. The van der Waals surface area contributed by atoms with E-state index in [1.54, 1.807) is 12.1 Å². The zero-order valence-electron chi connectivity index (χ0n) is 14.9. The molecule has 0 aromatic heterocycles. The van der Waals surface area contributed by atoms with E-state index in [0.717, 1.165) is 43.5 Å². The lowest BCUT2D eigenvalue weighted by atomic mass is 10.00. The minimum Gasteiger partial charge on any atom is -0.359 e. The Morgan fingerprint density at radius 1 is 1.32 bits per heavy atom. The predicted molar refractivity (Wildman–Crippen MR) is 98.0 cm³/mol. The lowest BCUT2D eigenvalue weighted by Gasteiger charge is -2.37. The summed E-state index contributed by atoms with van der Waals surface area (Å²) in [6.07, 6.45) is 5.08. The second kappa shape index (κ2) is 6.96. The molecule has 0 unspecified atom stereocenters. The van der Waals surface area contributed by atoms with Gasteiger partial charge in [-0.1, -0.05) is 6.92 Å². The van der Waals surface area contributed by atoms with Crippen LogP contribution in [0.25, 0.3) is 0 Å². The highest BCUT2D eigenvalue weighted by molar-refractivity contribution is 7.89.